The Morgan fingerprint density at radius 1 is 1.37 bits per heavy atom. The van der Waals surface area contributed by atoms with Crippen molar-refractivity contribution in [1.29, 1.82) is 0 Å². The van der Waals surface area contributed by atoms with Crippen LogP contribution in [0.4, 0.5) is 0 Å². The highest BCUT2D eigenvalue weighted by atomic mass is 16.6. The molecule has 0 fully saturated rings. The van der Waals surface area contributed by atoms with Gasteiger partial charge in [0.15, 0.2) is 0 Å². The lowest BCUT2D eigenvalue weighted by Crippen LogP contribution is -2.45. The van der Waals surface area contributed by atoms with Crippen LogP contribution >= 0.6 is 0 Å². The zero-order valence-electron chi connectivity index (χ0n) is 9.72. The molecule has 1 heterocycles. The van der Waals surface area contributed by atoms with Gasteiger partial charge in [-0.3, -0.25) is 10.1 Å². The van der Waals surface area contributed by atoms with Crippen molar-refractivity contribution >= 4 is 5.97 Å². The van der Waals surface area contributed by atoms with E-state index < -0.39 is 22.9 Å². The van der Waals surface area contributed by atoms with Gasteiger partial charge in [0, 0.05) is 16.6 Å². The SMILES string of the molecule is O=C(O)C(Cc1ccno1)(c1ccccc1)[N+](=O)[O-]. The van der Waals surface area contributed by atoms with E-state index in [-0.39, 0.29) is 11.3 Å². The summed E-state index contributed by atoms with van der Waals surface area (Å²) in [5.74, 6) is -1.40. The first kappa shape index (κ1) is 12.7. The summed E-state index contributed by atoms with van der Waals surface area (Å²) in [6.45, 7) is 0. The number of carboxylic acids is 1. The largest absolute Gasteiger partial charge is 0.476 e. The molecule has 7 heteroatoms. The molecule has 0 saturated heterocycles. The van der Waals surface area contributed by atoms with E-state index in [1.165, 1.54) is 24.4 Å². The zero-order chi connectivity index (χ0) is 13.9. The van der Waals surface area contributed by atoms with E-state index >= 15 is 0 Å². The number of hydrogen-bond donors (Lipinski definition) is 1. The molecular weight excluding hydrogens is 252 g/mol. The Morgan fingerprint density at radius 2 is 2.05 bits per heavy atom. The van der Waals surface area contributed by atoms with Crippen LogP contribution in [0.25, 0.3) is 0 Å². The first-order valence-corrected chi connectivity index (χ1v) is 5.40. The summed E-state index contributed by atoms with van der Waals surface area (Å²) in [5.41, 5.74) is -2.19. The van der Waals surface area contributed by atoms with Crippen molar-refractivity contribution in [1.82, 2.24) is 5.16 Å². The Morgan fingerprint density at radius 3 is 2.53 bits per heavy atom. The van der Waals surface area contributed by atoms with Crippen molar-refractivity contribution in [3.63, 3.8) is 0 Å². The lowest BCUT2D eigenvalue weighted by Gasteiger charge is -2.20. The third-order valence-corrected chi connectivity index (χ3v) is 2.84. The minimum Gasteiger partial charge on any atom is -0.476 e. The smallest absolute Gasteiger partial charge is 0.387 e. The molecule has 0 spiro atoms. The van der Waals surface area contributed by atoms with Gasteiger partial charge < -0.3 is 9.63 Å². The molecule has 0 aliphatic carbocycles. The molecule has 0 aliphatic heterocycles. The molecule has 0 saturated carbocycles. The Balaban J connectivity index is 2.54. The van der Waals surface area contributed by atoms with Crippen molar-refractivity contribution in [2.45, 2.75) is 12.0 Å². The van der Waals surface area contributed by atoms with E-state index in [0.29, 0.717) is 0 Å². The highest BCUT2D eigenvalue weighted by molar-refractivity contribution is 5.79. The maximum atomic E-state index is 11.5. The summed E-state index contributed by atoms with van der Waals surface area (Å²) < 4.78 is 4.79. The van der Waals surface area contributed by atoms with Crippen LogP contribution in [0, 0.1) is 10.1 Å². The lowest BCUT2D eigenvalue weighted by atomic mass is 9.86. The van der Waals surface area contributed by atoms with Gasteiger partial charge in [0.2, 0.25) is 0 Å². The van der Waals surface area contributed by atoms with Gasteiger partial charge in [-0.25, -0.2) is 4.79 Å². The van der Waals surface area contributed by atoms with Crippen LogP contribution in [0.2, 0.25) is 0 Å². The predicted octanol–water partition coefficient (Wildman–Crippen LogP) is 1.47. The molecule has 1 unspecified atom stereocenters. The van der Waals surface area contributed by atoms with Crippen molar-refractivity contribution in [2.75, 3.05) is 0 Å². The van der Waals surface area contributed by atoms with Crippen molar-refractivity contribution in [3.8, 4) is 0 Å². The van der Waals surface area contributed by atoms with Crippen LogP contribution in [0.1, 0.15) is 11.3 Å². The van der Waals surface area contributed by atoms with Crippen LogP contribution in [0.3, 0.4) is 0 Å². The van der Waals surface area contributed by atoms with Gasteiger partial charge in [-0.05, 0) is 0 Å². The van der Waals surface area contributed by atoms with Gasteiger partial charge in [0.1, 0.15) is 5.76 Å². The average molecular weight is 262 g/mol. The molecule has 1 aromatic carbocycles. The molecule has 0 bridgehead atoms. The summed E-state index contributed by atoms with van der Waals surface area (Å²) in [7, 11) is 0. The summed E-state index contributed by atoms with van der Waals surface area (Å²) in [6.07, 6.45) is 0.909. The highest BCUT2D eigenvalue weighted by Crippen LogP contribution is 2.29. The molecule has 0 amide bonds. The Kier molecular flexibility index (Phi) is 3.28. The Bertz CT molecular complexity index is 565. The number of carboxylic acid groups (broad SMARTS) is 1. The molecule has 2 rings (SSSR count). The Labute approximate surface area is 107 Å². The molecule has 19 heavy (non-hydrogen) atoms. The van der Waals surface area contributed by atoms with Crippen LogP contribution < -0.4 is 0 Å². The predicted molar refractivity (Wildman–Crippen MR) is 63.0 cm³/mol. The second-order valence-corrected chi connectivity index (χ2v) is 3.94. The molecule has 0 aliphatic rings. The molecule has 98 valence electrons. The fraction of sp³-hybridized carbons (Fsp3) is 0.167. The molecule has 2 aromatic rings. The maximum Gasteiger partial charge on any atom is 0.387 e. The number of carbonyl (C=O) groups is 1. The van der Waals surface area contributed by atoms with Gasteiger partial charge in [0.05, 0.1) is 12.6 Å². The number of aliphatic carboxylic acids is 1. The number of nitrogens with zero attached hydrogens (tertiary/aromatic N) is 2. The van der Waals surface area contributed by atoms with Gasteiger partial charge >= 0.3 is 11.5 Å². The first-order chi connectivity index (χ1) is 9.07. The zero-order valence-corrected chi connectivity index (χ0v) is 9.72. The summed E-state index contributed by atoms with van der Waals surface area (Å²) in [4.78, 5) is 22.0. The van der Waals surface area contributed by atoms with Crippen molar-refractivity contribution in [3.05, 3.63) is 64.0 Å². The quantitative estimate of drug-likeness (QED) is 0.646. The number of hydrogen-bond acceptors (Lipinski definition) is 5. The third kappa shape index (κ3) is 2.17. The second kappa shape index (κ2) is 4.89. The molecule has 1 aromatic heterocycles. The summed E-state index contributed by atoms with van der Waals surface area (Å²) in [5, 5.41) is 24.1. The summed E-state index contributed by atoms with van der Waals surface area (Å²) >= 11 is 0. The monoisotopic (exact) mass is 262 g/mol. The fourth-order valence-electron chi connectivity index (χ4n) is 1.85. The van der Waals surface area contributed by atoms with E-state index in [1.807, 2.05) is 0 Å². The van der Waals surface area contributed by atoms with E-state index in [9.17, 15) is 20.0 Å². The average Bonchev–Trinajstić information content (AvgIpc) is 2.89. The van der Waals surface area contributed by atoms with Crippen LogP contribution in [0.15, 0.2) is 47.1 Å². The molecule has 7 nitrogen and oxygen atoms in total. The second-order valence-electron chi connectivity index (χ2n) is 3.94. The van der Waals surface area contributed by atoms with E-state index in [4.69, 9.17) is 4.52 Å². The highest BCUT2D eigenvalue weighted by Gasteiger charge is 2.54. The van der Waals surface area contributed by atoms with Crippen LogP contribution in [-0.4, -0.2) is 21.2 Å². The first-order valence-electron chi connectivity index (χ1n) is 5.40. The van der Waals surface area contributed by atoms with Gasteiger partial charge in [0.25, 0.3) is 0 Å². The van der Waals surface area contributed by atoms with E-state index in [2.05, 4.69) is 5.16 Å². The fourth-order valence-corrected chi connectivity index (χ4v) is 1.85. The number of rotatable bonds is 5. The summed E-state index contributed by atoms with van der Waals surface area (Å²) in [6, 6.07) is 8.99. The lowest BCUT2D eigenvalue weighted by molar-refractivity contribution is -0.564. The van der Waals surface area contributed by atoms with E-state index in [1.54, 1.807) is 18.2 Å². The minimum absolute atomic E-state index is 0.0869. The van der Waals surface area contributed by atoms with E-state index in [0.717, 1.165) is 0 Å². The Hall–Kier alpha value is -2.70. The van der Waals surface area contributed by atoms with Gasteiger partial charge in [-0.1, -0.05) is 35.5 Å². The van der Waals surface area contributed by atoms with Gasteiger partial charge in [-0.15, -0.1) is 0 Å². The molecule has 0 radical (unpaired) electrons. The molecular formula is C12H10N2O5. The number of nitro groups is 1. The molecule has 1 N–H and O–H groups in total. The number of benzene rings is 1. The minimum atomic E-state index is -2.28. The standard InChI is InChI=1S/C12H10N2O5/c15-11(16)12(14(17)18,8-10-6-7-13-19-10)9-4-2-1-3-5-9/h1-7H,8H2,(H,15,16). The van der Waals surface area contributed by atoms with Crippen LogP contribution in [0.5, 0.6) is 0 Å². The van der Waals surface area contributed by atoms with Crippen molar-refractivity contribution < 1.29 is 19.3 Å². The topological polar surface area (TPSA) is 106 Å². The normalized spacial score (nSPS) is 13.7. The number of aromatic nitrogens is 1. The maximum absolute atomic E-state index is 11.5. The molecule has 1 atom stereocenters. The van der Waals surface area contributed by atoms with Crippen molar-refractivity contribution in [2.24, 2.45) is 0 Å². The van der Waals surface area contributed by atoms with Gasteiger partial charge in [-0.2, -0.15) is 0 Å². The van der Waals surface area contributed by atoms with Crippen LogP contribution in [-0.2, 0) is 16.8 Å². The third-order valence-electron chi connectivity index (χ3n) is 2.84.